The quantitative estimate of drug-likeness (QED) is 0.889. The van der Waals surface area contributed by atoms with Gasteiger partial charge >= 0.3 is 0 Å². The van der Waals surface area contributed by atoms with Crippen molar-refractivity contribution in [3.8, 4) is 5.75 Å². The van der Waals surface area contributed by atoms with Crippen LogP contribution in [-0.4, -0.2) is 18.2 Å². The molecule has 1 saturated heterocycles. The number of phenols is 1. The second-order valence-corrected chi connectivity index (χ2v) is 5.26. The molecule has 0 radical (unpaired) electrons. The third-order valence-electron chi connectivity index (χ3n) is 3.77. The van der Waals surface area contributed by atoms with Gasteiger partial charge < -0.3 is 15.3 Å². The Morgan fingerprint density at radius 3 is 2.20 bits per heavy atom. The minimum absolute atomic E-state index is 0.309. The summed E-state index contributed by atoms with van der Waals surface area (Å²) in [7, 11) is 0. The SMILES string of the molecule is Oc1ccc(CNc2ccc(N3CCCC3)cc2)cc1. The van der Waals surface area contributed by atoms with E-state index in [0.717, 1.165) is 17.8 Å². The van der Waals surface area contributed by atoms with Crippen molar-refractivity contribution in [3.05, 3.63) is 54.1 Å². The van der Waals surface area contributed by atoms with E-state index < -0.39 is 0 Å². The second-order valence-electron chi connectivity index (χ2n) is 5.26. The van der Waals surface area contributed by atoms with Crippen LogP contribution in [0.2, 0.25) is 0 Å². The highest BCUT2D eigenvalue weighted by atomic mass is 16.3. The van der Waals surface area contributed by atoms with E-state index >= 15 is 0 Å². The van der Waals surface area contributed by atoms with E-state index in [1.165, 1.54) is 31.6 Å². The Balaban J connectivity index is 1.59. The summed E-state index contributed by atoms with van der Waals surface area (Å²) in [6.45, 7) is 3.13. The molecule has 0 aliphatic carbocycles. The zero-order valence-electron chi connectivity index (χ0n) is 11.5. The molecule has 3 nitrogen and oxygen atoms in total. The Kier molecular flexibility index (Phi) is 3.77. The van der Waals surface area contributed by atoms with Gasteiger partial charge in [-0.1, -0.05) is 12.1 Å². The molecule has 0 amide bonds. The molecule has 2 aromatic carbocycles. The number of nitrogens with one attached hydrogen (secondary N) is 1. The molecule has 20 heavy (non-hydrogen) atoms. The zero-order valence-corrected chi connectivity index (χ0v) is 11.5. The summed E-state index contributed by atoms with van der Waals surface area (Å²) in [4.78, 5) is 2.43. The topological polar surface area (TPSA) is 35.5 Å². The maximum atomic E-state index is 9.25. The zero-order chi connectivity index (χ0) is 13.8. The van der Waals surface area contributed by atoms with E-state index in [1.807, 2.05) is 12.1 Å². The van der Waals surface area contributed by atoms with Crippen LogP contribution >= 0.6 is 0 Å². The molecule has 1 aliphatic heterocycles. The predicted octanol–water partition coefficient (Wildman–Crippen LogP) is 3.60. The smallest absolute Gasteiger partial charge is 0.115 e. The molecular formula is C17H20N2O. The predicted molar refractivity (Wildman–Crippen MR) is 83.3 cm³/mol. The average Bonchev–Trinajstić information content (AvgIpc) is 3.01. The highest BCUT2D eigenvalue weighted by Crippen LogP contribution is 2.22. The largest absolute Gasteiger partial charge is 0.508 e. The van der Waals surface area contributed by atoms with E-state index in [9.17, 15) is 5.11 Å². The molecule has 0 atom stereocenters. The highest BCUT2D eigenvalue weighted by molar-refractivity contribution is 5.55. The Morgan fingerprint density at radius 2 is 1.55 bits per heavy atom. The average molecular weight is 268 g/mol. The maximum absolute atomic E-state index is 9.25. The monoisotopic (exact) mass is 268 g/mol. The molecular weight excluding hydrogens is 248 g/mol. The lowest BCUT2D eigenvalue weighted by molar-refractivity contribution is 0.475. The van der Waals surface area contributed by atoms with Gasteiger partial charge in [-0.25, -0.2) is 0 Å². The van der Waals surface area contributed by atoms with E-state index in [0.29, 0.717) is 5.75 Å². The van der Waals surface area contributed by atoms with Crippen LogP contribution in [0.4, 0.5) is 11.4 Å². The summed E-state index contributed by atoms with van der Waals surface area (Å²) in [6, 6.07) is 15.9. The summed E-state index contributed by atoms with van der Waals surface area (Å²) in [5, 5.41) is 12.6. The lowest BCUT2D eigenvalue weighted by Gasteiger charge is -2.18. The summed E-state index contributed by atoms with van der Waals surface area (Å²) in [5.74, 6) is 0.309. The van der Waals surface area contributed by atoms with Gasteiger partial charge in [-0.05, 0) is 54.8 Å². The van der Waals surface area contributed by atoms with Gasteiger partial charge in [0.2, 0.25) is 0 Å². The lowest BCUT2D eigenvalue weighted by Crippen LogP contribution is -2.17. The minimum atomic E-state index is 0.309. The van der Waals surface area contributed by atoms with Crippen molar-refractivity contribution in [1.82, 2.24) is 0 Å². The molecule has 0 unspecified atom stereocenters. The van der Waals surface area contributed by atoms with Crippen molar-refractivity contribution < 1.29 is 5.11 Å². The fourth-order valence-corrected chi connectivity index (χ4v) is 2.58. The van der Waals surface area contributed by atoms with Crippen LogP contribution in [0.1, 0.15) is 18.4 Å². The number of benzene rings is 2. The van der Waals surface area contributed by atoms with Crippen molar-refractivity contribution in [1.29, 1.82) is 0 Å². The normalized spacial score (nSPS) is 14.5. The summed E-state index contributed by atoms with van der Waals surface area (Å²) in [6.07, 6.45) is 2.61. The molecule has 3 rings (SSSR count). The maximum Gasteiger partial charge on any atom is 0.115 e. The third-order valence-corrected chi connectivity index (χ3v) is 3.77. The molecule has 0 spiro atoms. The van der Waals surface area contributed by atoms with Gasteiger partial charge in [-0.15, -0.1) is 0 Å². The Labute approximate surface area is 119 Å². The molecule has 0 aromatic heterocycles. The van der Waals surface area contributed by atoms with Crippen LogP contribution in [0.15, 0.2) is 48.5 Å². The van der Waals surface area contributed by atoms with Gasteiger partial charge in [0.25, 0.3) is 0 Å². The molecule has 2 aromatic rings. The fourth-order valence-electron chi connectivity index (χ4n) is 2.58. The molecule has 1 aliphatic rings. The van der Waals surface area contributed by atoms with Crippen molar-refractivity contribution in [2.75, 3.05) is 23.3 Å². The molecule has 1 heterocycles. The van der Waals surface area contributed by atoms with Crippen LogP contribution in [-0.2, 0) is 6.54 Å². The standard InChI is InChI=1S/C17H20N2O/c20-17-9-3-14(4-10-17)13-18-15-5-7-16(8-6-15)19-11-1-2-12-19/h3-10,18,20H,1-2,11-13H2. The molecule has 0 saturated carbocycles. The van der Waals surface area contributed by atoms with Gasteiger partial charge in [-0.3, -0.25) is 0 Å². The van der Waals surface area contributed by atoms with E-state index in [2.05, 4.69) is 34.5 Å². The van der Waals surface area contributed by atoms with Crippen LogP contribution in [0, 0.1) is 0 Å². The summed E-state index contributed by atoms with van der Waals surface area (Å²) >= 11 is 0. The number of rotatable bonds is 4. The van der Waals surface area contributed by atoms with Gasteiger partial charge in [0.15, 0.2) is 0 Å². The van der Waals surface area contributed by atoms with Gasteiger partial charge in [0, 0.05) is 31.0 Å². The summed E-state index contributed by atoms with van der Waals surface area (Å²) < 4.78 is 0. The Hall–Kier alpha value is -2.16. The Bertz CT molecular complexity index is 542. The van der Waals surface area contributed by atoms with Gasteiger partial charge in [-0.2, -0.15) is 0 Å². The summed E-state index contributed by atoms with van der Waals surface area (Å²) in [5.41, 5.74) is 3.60. The fraction of sp³-hybridized carbons (Fsp3) is 0.294. The number of hydrogen-bond acceptors (Lipinski definition) is 3. The van der Waals surface area contributed by atoms with Crippen molar-refractivity contribution in [2.45, 2.75) is 19.4 Å². The minimum Gasteiger partial charge on any atom is -0.508 e. The number of phenolic OH excluding ortho intramolecular Hbond substituents is 1. The first kappa shape index (κ1) is 12.9. The first-order valence-electron chi connectivity index (χ1n) is 7.18. The van der Waals surface area contributed by atoms with Gasteiger partial charge in [0.05, 0.1) is 0 Å². The van der Waals surface area contributed by atoms with Crippen LogP contribution in [0.3, 0.4) is 0 Å². The van der Waals surface area contributed by atoms with Gasteiger partial charge in [0.1, 0.15) is 5.75 Å². The van der Waals surface area contributed by atoms with E-state index in [4.69, 9.17) is 0 Å². The van der Waals surface area contributed by atoms with Crippen molar-refractivity contribution in [3.63, 3.8) is 0 Å². The van der Waals surface area contributed by atoms with E-state index in [-0.39, 0.29) is 0 Å². The third kappa shape index (κ3) is 3.05. The highest BCUT2D eigenvalue weighted by Gasteiger charge is 2.11. The number of nitrogens with zero attached hydrogens (tertiary/aromatic N) is 1. The molecule has 3 heteroatoms. The van der Waals surface area contributed by atoms with Crippen molar-refractivity contribution in [2.24, 2.45) is 0 Å². The molecule has 1 fully saturated rings. The van der Waals surface area contributed by atoms with Crippen LogP contribution in [0.25, 0.3) is 0 Å². The molecule has 2 N–H and O–H groups in total. The first-order valence-corrected chi connectivity index (χ1v) is 7.18. The molecule has 0 bridgehead atoms. The lowest BCUT2D eigenvalue weighted by atomic mass is 10.2. The van der Waals surface area contributed by atoms with Crippen LogP contribution in [0.5, 0.6) is 5.75 Å². The van der Waals surface area contributed by atoms with E-state index in [1.54, 1.807) is 12.1 Å². The first-order chi connectivity index (χ1) is 9.81. The van der Waals surface area contributed by atoms with Crippen molar-refractivity contribution >= 4 is 11.4 Å². The van der Waals surface area contributed by atoms with Crippen LogP contribution < -0.4 is 10.2 Å². The molecule has 104 valence electrons. The Morgan fingerprint density at radius 1 is 0.900 bits per heavy atom. The second kappa shape index (κ2) is 5.87. The number of hydrogen-bond donors (Lipinski definition) is 2. The number of anilines is 2. The number of aromatic hydroxyl groups is 1.